The molecule has 0 radical (unpaired) electrons. The van der Waals surface area contributed by atoms with E-state index in [-0.39, 0.29) is 0 Å². The molecule has 134 valence electrons. The average Bonchev–Trinajstić information content (AvgIpc) is 2.87. The van der Waals surface area contributed by atoms with E-state index in [0.717, 1.165) is 23.0 Å². The van der Waals surface area contributed by atoms with Gasteiger partial charge in [-0.15, -0.1) is 0 Å². The number of aliphatic hydroxyl groups is 2. The molecule has 0 aromatic heterocycles. The molecular formula is C22H34O2. The predicted octanol–water partition coefficient (Wildman–Crippen LogP) is 4.78. The molecule has 0 bridgehead atoms. The maximum Gasteiger partial charge on any atom is 0.0811 e. The van der Waals surface area contributed by atoms with Crippen molar-refractivity contribution in [3.05, 3.63) is 35.5 Å². The first kappa shape index (κ1) is 17.9. The molecule has 3 aliphatic carbocycles. The third-order valence-electron chi connectivity index (χ3n) is 7.11. The lowest BCUT2D eigenvalue weighted by Gasteiger charge is -2.43. The number of hydrogen-bond donors (Lipinski definition) is 2. The first-order valence-electron chi connectivity index (χ1n) is 9.78. The van der Waals surface area contributed by atoms with Crippen LogP contribution in [-0.4, -0.2) is 22.4 Å². The molecular weight excluding hydrogens is 296 g/mol. The Morgan fingerprint density at radius 2 is 1.96 bits per heavy atom. The van der Waals surface area contributed by atoms with E-state index in [1.54, 1.807) is 5.57 Å². The third kappa shape index (κ3) is 3.15. The van der Waals surface area contributed by atoms with Crippen molar-refractivity contribution in [1.82, 2.24) is 0 Å². The van der Waals surface area contributed by atoms with Gasteiger partial charge in [0.25, 0.3) is 0 Å². The standard InChI is InChI=1S/C22H34O2/c1-14(2)19-9-10-20-16(6-5-11-22(19,20)4)7-8-17-12-18(23)13-21(24)15(17)3/h7-8,14,18-21,23-24H,3,5-6,9-13H2,1-2,4H3/b16-7+,17-8-/t18-,19-,20+,21+,22-/m1/s1. The van der Waals surface area contributed by atoms with E-state index in [9.17, 15) is 10.2 Å². The highest BCUT2D eigenvalue weighted by Gasteiger charge is 2.49. The summed E-state index contributed by atoms with van der Waals surface area (Å²) < 4.78 is 0. The Labute approximate surface area is 147 Å². The SMILES string of the molecule is C=C1/C(=C\C=C2/CCC[C@]3(C)[C@@H](C(C)C)CC[C@@H]23)C[C@@H](O)C[C@@H]1O. The van der Waals surface area contributed by atoms with Crippen molar-refractivity contribution in [2.75, 3.05) is 0 Å². The molecule has 0 spiro atoms. The Morgan fingerprint density at radius 3 is 2.67 bits per heavy atom. The molecule has 3 aliphatic rings. The van der Waals surface area contributed by atoms with Crippen LogP contribution in [0.15, 0.2) is 35.5 Å². The molecule has 3 rings (SSSR count). The minimum absolute atomic E-state index is 0.420. The van der Waals surface area contributed by atoms with Crippen molar-refractivity contribution in [2.24, 2.45) is 23.2 Å². The number of aliphatic hydroxyl groups excluding tert-OH is 2. The van der Waals surface area contributed by atoms with Crippen LogP contribution in [0.2, 0.25) is 0 Å². The summed E-state index contributed by atoms with van der Waals surface area (Å²) in [5, 5.41) is 20.0. The highest BCUT2D eigenvalue weighted by Crippen LogP contribution is 2.59. The van der Waals surface area contributed by atoms with E-state index in [1.165, 1.54) is 32.1 Å². The predicted molar refractivity (Wildman–Crippen MR) is 99.6 cm³/mol. The molecule has 0 amide bonds. The van der Waals surface area contributed by atoms with Gasteiger partial charge < -0.3 is 10.2 Å². The van der Waals surface area contributed by atoms with Crippen molar-refractivity contribution in [1.29, 1.82) is 0 Å². The van der Waals surface area contributed by atoms with Crippen LogP contribution in [0.3, 0.4) is 0 Å². The normalized spacial score (nSPS) is 43.7. The van der Waals surface area contributed by atoms with Gasteiger partial charge in [0.1, 0.15) is 0 Å². The molecule has 2 nitrogen and oxygen atoms in total. The van der Waals surface area contributed by atoms with Crippen molar-refractivity contribution >= 4 is 0 Å². The van der Waals surface area contributed by atoms with E-state index in [4.69, 9.17) is 0 Å². The van der Waals surface area contributed by atoms with Crippen LogP contribution in [0, 0.1) is 23.2 Å². The maximum atomic E-state index is 10.0. The van der Waals surface area contributed by atoms with Gasteiger partial charge in [0.05, 0.1) is 12.2 Å². The van der Waals surface area contributed by atoms with Crippen molar-refractivity contribution in [3.8, 4) is 0 Å². The molecule has 5 atom stereocenters. The second-order valence-corrected chi connectivity index (χ2v) is 8.91. The fourth-order valence-corrected chi connectivity index (χ4v) is 5.84. The molecule has 2 N–H and O–H groups in total. The second kappa shape index (κ2) is 6.80. The van der Waals surface area contributed by atoms with Crippen LogP contribution in [0.1, 0.15) is 65.7 Å². The molecule has 2 heteroatoms. The van der Waals surface area contributed by atoms with E-state index < -0.39 is 12.2 Å². The summed E-state index contributed by atoms with van der Waals surface area (Å²) in [6, 6.07) is 0. The van der Waals surface area contributed by atoms with Gasteiger partial charge >= 0.3 is 0 Å². The van der Waals surface area contributed by atoms with Crippen LogP contribution >= 0.6 is 0 Å². The Morgan fingerprint density at radius 1 is 1.21 bits per heavy atom. The van der Waals surface area contributed by atoms with Gasteiger partial charge in [-0.1, -0.05) is 45.1 Å². The molecule has 3 fully saturated rings. The summed E-state index contributed by atoms with van der Waals surface area (Å²) in [7, 11) is 0. The Kier molecular flexibility index (Phi) is 5.09. The van der Waals surface area contributed by atoms with Gasteiger partial charge in [-0.3, -0.25) is 0 Å². The average molecular weight is 331 g/mol. The first-order valence-corrected chi connectivity index (χ1v) is 9.78. The lowest BCUT2D eigenvalue weighted by Crippen LogP contribution is -2.35. The fourth-order valence-electron chi connectivity index (χ4n) is 5.84. The van der Waals surface area contributed by atoms with Crippen LogP contribution < -0.4 is 0 Å². The van der Waals surface area contributed by atoms with Gasteiger partial charge in [0.2, 0.25) is 0 Å². The zero-order valence-corrected chi connectivity index (χ0v) is 15.6. The van der Waals surface area contributed by atoms with Gasteiger partial charge in [-0.25, -0.2) is 0 Å². The summed E-state index contributed by atoms with van der Waals surface area (Å²) in [5.74, 6) is 2.32. The molecule has 24 heavy (non-hydrogen) atoms. The van der Waals surface area contributed by atoms with Gasteiger partial charge in [-0.05, 0) is 72.8 Å². The van der Waals surface area contributed by atoms with Gasteiger partial charge in [0, 0.05) is 6.42 Å². The Bertz CT molecular complexity index is 556. The number of allylic oxidation sites excluding steroid dienone is 3. The second-order valence-electron chi connectivity index (χ2n) is 8.91. The fraction of sp³-hybridized carbons (Fsp3) is 0.727. The molecule has 0 aromatic rings. The molecule has 0 saturated heterocycles. The van der Waals surface area contributed by atoms with Crippen molar-refractivity contribution in [3.63, 3.8) is 0 Å². The Hall–Kier alpha value is -0.860. The summed E-state index contributed by atoms with van der Waals surface area (Å²) in [6.45, 7) is 11.3. The zero-order chi connectivity index (χ0) is 17.5. The summed E-state index contributed by atoms with van der Waals surface area (Å²) in [5.41, 5.74) is 3.86. The topological polar surface area (TPSA) is 40.5 Å². The highest BCUT2D eigenvalue weighted by atomic mass is 16.3. The Balaban J connectivity index is 1.83. The van der Waals surface area contributed by atoms with Crippen molar-refractivity contribution < 1.29 is 10.2 Å². The van der Waals surface area contributed by atoms with Crippen LogP contribution in [0.4, 0.5) is 0 Å². The van der Waals surface area contributed by atoms with Crippen molar-refractivity contribution in [2.45, 2.75) is 77.9 Å². The molecule has 3 saturated carbocycles. The number of fused-ring (bicyclic) bond motifs is 1. The third-order valence-corrected chi connectivity index (χ3v) is 7.11. The molecule has 0 heterocycles. The minimum Gasteiger partial charge on any atom is -0.393 e. The summed E-state index contributed by atoms with van der Waals surface area (Å²) in [6.07, 6.45) is 11.0. The summed E-state index contributed by atoms with van der Waals surface area (Å²) >= 11 is 0. The minimum atomic E-state index is -0.591. The zero-order valence-electron chi connectivity index (χ0n) is 15.6. The monoisotopic (exact) mass is 330 g/mol. The van der Waals surface area contributed by atoms with Crippen LogP contribution in [-0.2, 0) is 0 Å². The smallest absolute Gasteiger partial charge is 0.0811 e. The van der Waals surface area contributed by atoms with E-state index >= 15 is 0 Å². The molecule has 0 unspecified atom stereocenters. The number of hydrogen-bond acceptors (Lipinski definition) is 2. The molecule has 0 aromatic carbocycles. The summed E-state index contributed by atoms with van der Waals surface area (Å²) in [4.78, 5) is 0. The van der Waals surface area contributed by atoms with E-state index in [1.807, 2.05) is 0 Å². The van der Waals surface area contributed by atoms with E-state index in [2.05, 4.69) is 39.5 Å². The maximum absolute atomic E-state index is 10.0. The van der Waals surface area contributed by atoms with Crippen LogP contribution in [0.25, 0.3) is 0 Å². The molecule has 0 aliphatic heterocycles. The van der Waals surface area contributed by atoms with Gasteiger partial charge in [-0.2, -0.15) is 0 Å². The largest absolute Gasteiger partial charge is 0.393 e. The number of rotatable bonds is 2. The quantitative estimate of drug-likeness (QED) is 0.764. The highest BCUT2D eigenvalue weighted by molar-refractivity contribution is 5.38. The van der Waals surface area contributed by atoms with Gasteiger partial charge in [0.15, 0.2) is 0 Å². The lowest BCUT2D eigenvalue weighted by molar-refractivity contribution is 0.0862. The van der Waals surface area contributed by atoms with Crippen LogP contribution in [0.5, 0.6) is 0 Å². The van der Waals surface area contributed by atoms with E-state index in [0.29, 0.717) is 24.2 Å². The first-order chi connectivity index (χ1) is 11.3. The lowest BCUT2D eigenvalue weighted by atomic mass is 9.61.